The predicted molar refractivity (Wildman–Crippen MR) is 125 cm³/mol. The van der Waals surface area contributed by atoms with Crippen LogP contribution in [0.4, 0.5) is 4.79 Å². The molecule has 0 aromatic heterocycles. The second-order valence-electron chi connectivity index (χ2n) is 9.62. The van der Waals surface area contributed by atoms with Gasteiger partial charge in [0.1, 0.15) is 0 Å². The van der Waals surface area contributed by atoms with E-state index in [1.807, 2.05) is 30.3 Å². The fourth-order valence-corrected chi connectivity index (χ4v) is 5.65. The zero-order valence-electron chi connectivity index (χ0n) is 19.7. The minimum atomic E-state index is -0.948. The van der Waals surface area contributed by atoms with Crippen LogP contribution in [-0.2, 0) is 20.8 Å². The van der Waals surface area contributed by atoms with Gasteiger partial charge in [0.15, 0.2) is 6.04 Å². The van der Waals surface area contributed by atoms with E-state index in [0.29, 0.717) is 37.3 Å². The fraction of sp³-hybridized carbons (Fsp3) is 0.600. The van der Waals surface area contributed by atoms with E-state index in [2.05, 4.69) is 5.32 Å². The van der Waals surface area contributed by atoms with Crippen molar-refractivity contribution in [1.82, 2.24) is 10.4 Å². The number of primary amides is 1. The summed E-state index contributed by atoms with van der Waals surface area (Å²) in [6.45, 7) is 0.344. The van der Waals surface area contributed by atoms with E-state index >= 15 is 0 Å². The first-order chi connectivity index (χ1) is 16.4. The highest BCUT2D eigenvalue weighted by Crippen LogP contribution is 2.36. The molecule has 3 atom stereocenters. The summed E-state index contributed by atoms with van der Waals surface area (Å²) in [5.41, 5.74) is 6.82. The molecule has 1 heterocycles. The molecule has 2 aliphatic rings. The molecule has 4 N–H and O–H groups in total. The van der Waals surface area contributed by atoms with E-state index in [1.165, 1.54) is 0 Å². The molecular formula is C25H37N4O5+. The highest BCUT2D eigenvalue weighted by Gasteiger charge is 2.58. The number of nitrogens with two attached hydrogens (primary N) is 1. The van der Waals surface area contributed by atoms with Crippen LogP contribution in [0.1, 0.15) is 56.9 Å². The third-order valence-corrected chi connectivity index (χ3v) is 7.34. The Morgan fingerprint density at radius 2 is 1.85 bits per heavy atom. The average Bonchev–Trinajstić information content (AvgIpc) is 3.52. The van der Waals surface area contributed by atoms with E-state index in [1.54, 1.807) is 0 Å². The molecular weight excluding hydrogens is 436 g/mol. The molecule has 5 amide bonds. The van der Waals surface area contributed by atoms with Crippen LogP contribution in [0, 0.1) is 11.8 Å². The van der Waals surface area contributed by atoms with Crippen molar-refractivity contribution in [1.29, 1.82) is 0 Å². The van der Waals surface area contributed by atoms with Crippen LogP contribution in [0.3, 0.4) is 0 Å². The summed E-state index contributed by atoms with van der Waals surface area (Å²) in [5, 5.41) is 13.2. The second kappa shape index (κ2) is 12.1. The maximum atomic E-state index is 14.0. The van der Waals surface area contributed by atoms with Crippen LogP contribution in [0.25, 0.3) is 0 Å². The van der Waals surface area contributed by atoms with Crippen LogP contribution in [0.15, 0.2) is 30.3 Å². The van der Waals surface area contributed by atoms with Gasteiger partial charge in [0.05, 0.1) is 19.0 Å². The zero-order chi connectivity index (χ0) is 24.6. The number of amides is 5. The van der Waals surface area contributed by atoms with Gasteiger partial charge in [-0.05, 0) is 30.7 Å². The lowest BCUT2D eigenvalue weighted by molar-refractivity contribution is -0.779. The number of rotatable bonds is 11. The predicted octanol–water partition coefficient (Wildman–Crippen LogP) is 2.36. The highest BCUT2D eigenvalue weighted by atomic mass is 16.5. The molecule has 0 radical (unpaired) electrons. The third kappa shape index (κ3) is 6.01. The van der Waals surface area contributed by atoms with Crippen molar-refractivity contribution in [3.05, 3.63) is 35.9 Å². The maximum Gasteiger partial charge on any atom is 0.424 e. The topological polar surface area (TPSA) is 130 Å². The van der Waals surface area contributed by atoms with Crippen LogP contribution < -0.4 is 11.1 Å². The van der Waals surface area contributed by atoms with E-state index in [0.717, 1.165) is 37.7 Å². The van der Waals surface area contributed by atoms with Crippen molar-refractivity contribution in [3.8, 4) is 0 Å². The van der Waals surface area contributed by atoms with Crippen molar-refractivity contribution < 1.29 is 28.9 Å². The first-order valence-corrected chi connectivity index (χ1v) is 12.3. The summed E-state index contributed by atoms with van der Waals surface area (Å²) in [6.07, 6.45) is 7.16. The summed E-state index contributed by atoms with van der Waals surface area (Å²) >= 11 is 0. The van der Waals surface area contributed by atoms with Crippen molar-refractivity contribution in [2.75, 3.05) is 19.6 Å². The number of carbonyl (C=O) groups is 4. The number of nitrogens with zero attached hydrogens (tertiary/aromatic N) is 2. The van der Waals surface area contributed by atoms with Gasteiger partial charge in [-0.15, -0.1) is 0 Å². The van der Waals surface area contributed by atoms with E-state index in [9.17, 15) is 24.4 Å². The molecule has 1 aromatic carbocycles. The zero-order valence-corrected chi connectivity index (χ0v) is 19.7. The summed E-state index contributed by atoms with van der Waals surface area (Å²) in [6, 6.07) is 8.44. The van der Waals surface area contributed by atoms with Gasteiger partial charge in [-0.25, -0.2) is 14.7 Å². The number of aryl methyl sites for hydroxylation is 1. The van der Waals surface area contributed by atoms with Crippen LogP contribution in [0.5, 0.6) is 0 Å². The lowest BCUT2D eigenvalue weighted by Crippen LogP contribution is -2.68. The quantitative estimate of drug-likeness (QED) is 0.149. The third-order valence-electron chi connectivity index (χ3n) is 7.34. The summed E-state index contributed by atoms with van der Waals surface area (Å²) in [5.74, 6) is -1.58. The Labute approximate surface area is 200 Å². The Hall–Kier alpha value is -2.78. The van der Waals surface area contributed by atoms with Crippen LogP contribution in [-0.4, -0.2) is 64.7 Å². The Bertz CT molecular complexity index is 858. The molecule has 2 fully saturated rings. The Kier molecular flexibility index (Phi) is 9.18. The Balaban J connectivity index is 1.77. The Morgan fingerprint density at radius 1 is 1.15 bits per heavy atom. The number of hydroxylamine groups is 2. The van der Waals surface area contributed by atoms with Gasteiger partial charge in [0, 0.05) is 19.4 Å². The highest BCUT2D eigenvalue weighted by molar-refractivity contribution is 5.91. The lowest BCUT2D eigenvalue weighted by Gasteiger charge is -2.36. The van der Waals surface area contributed by atoms with Gasteiger partial charge in [0.25, 0.3) is 5.91 Å². The number of urea groups is 1. The van der Waals surface area contributed by atoms with Gasteiger partial charge in [-0.3, -0.25) is 14.8 Å². The standard InChI is InChI=1S/C25H36N4O5/c26-23(31)22-13-7-15-29(22,25(33)27-14-6-12-19-8-2-1-3-9-19)24(32)21(17-28(34)18-30)16-20-10-4-5-11-20/h1-3,8-9,18,20-22,34H,4-7,10-17H2,(H2-,26,27,31,33)/p+1/t21-,22+,29?/m1/s1. The van der Waals surface area contributed by atoms with Crippen molar-refractivity contribution in [2.24, 2.45) is 17.6 Å². The molecule has 1 aromatic rings. The number of likely N-dealkylation sites (tertiary alicyclic amines) is 1. The minimum absolute atomic E-state index is 0.185. The van der Waals surface area contributed by atoms with Gasteiger partial charge in [-0.1, -0.05) is 56.0 Å². The van der Waals surface area contributed by atoms with E-state index in [4.69, 9.17) is 5.73 Å². The number of benzene rings is 1. The number of hydrogen-bond donors (Lipinski definition) is 3. The number of quaternary nitrogens is 1. The molecule has 9 heteroatoms. The molecule has 0 bridgehead atoms. The second-order valence-corrected chi connectivity index (χ2v) is 9.62. The monoisotopic (exact) mass is 473 g/mol. The number of nitrogens with one attached hydrogen (secondary N) is 1. The van der Waals surface area contributed by atoms with E-state index in [-0.39, 0.29) is 25.4 Å². The van der Waals surface area contributed by atoms with Gasteiger partial charge >= 0.3 is 11.9 Å². The molecule has 34 heavy (non-hydrogen) atoms. The number of imide groups is 1. The molecule has 1 saturated carbocycles. The average molecular weight is 474 g/mol. The van der Waals surface area contributed by atoms with Crippen molar-refractivity contribution >= 4 is 24.3 Å². The molecule has 1 aliphatic heterocycles. The first-order valence-electron chi connectivity index (χ1n) is 12.3. The minimum Gasteiger partial charge on any atom is -0.364 e. The van der Waals surface area contributed by atoms with Crippen molar-refractivity contribution in [2.45, 2.75) is 63.8 Å². The molecule has 9 nitrogen and oxygen atoms in total. The van der Waals surface area contributed by atoms with Crippen molar-refractivity contribution in [3.63, 3.8) is 0 Å². The smallest absolute Gasteiger partial charge is 0.364 e. The van der Waals surface area contributed by atoms with Gasteiger partial charge in [0.2, 0.25) is 6.41 Å². The molecule has 1 aliphatic carbocycles. The van der Waals surface area contributed by atoms with E-state index < -0.39 is 34.3 Å². The van der Waals surface area contributed by atoms with Crippen LogP contribution >= 0.6 is 0 Å². The summed E-state index contributed by atoms with van der Waals surface area (Å²) in [4.78, 5) is 50.9. The molecule has 186 valence electrons. The lowest BCUT2D eigenvalue weighted by atomic mass is 9.90. The Morgan fingerprint density at radius 3 is 2.50 bits per heavy atom. The summed E-state index contributed by atoms with van der Waals surface area (Å²) in [7, 11) is 0. The SMILES string of the molecule is NC(=O)[C@@H]1CCC[N+]1(C(=O)NCCCc1ccccc1)C(=O)[C@H](CC1CCCC1)CN(O)C=O. The molecule has 1 saturated heterocycles. The number of hydrogen-bond acceptors (Lipinski definition) is 5. The molecule has 1 unspecified atom stereocenters. The van der Waals surface area contributed by atoms with Gasteiger partial charge in [-0.2, -0.15) is 4.48 Å². The normalized spacial score (nSPS) is 23.4. The van der Waals surface area contributed by atoms with Crippen LogP contribution in [0.2, 0.25) is 0 Å². The fourth-order valence-electron chi connectivity index (χ4n) is 5.65. The number of carbonyl (C=O) groups excluding carboxylic acids is 4. The first kappa shape index (κ1) is 25.8. The van der Waals surface area contributed by atoms with Gasteiger partial charge < -0.3 is 11.1 Å². The summed E-state index contributed by atoms with van der Waals surface area (Å²) < 4.78 is -0.676. The largest absolute Gasteiger partial charge is 0.424 e. The molecule has 0 spiro atoms. The maximum absolute atomic E-state index is 14.0. The molecule has 3 rings (SSSR count).